The number of aromatic nitrogens is 4. The molecule has 2 heterocycles. The Hall–Kier alpha value is -4.97. The van der Waals surface area contributed by atoms with Crippen molar-refractivity contribution in [2.45, 2.75) is 24.8 Å². The minimum atomic E-state index is -0.829. The molecule has 39 heavy (non-hydrogen) atoms. The molecule has 0 radical (unpaired) electrons. The number of aromatic amines is 1. The van der Waals surface area contributed by atoms with Gasteiger partial charge in [-0.05, 0) is 28.3 Å². The van der Waals surface area contributed by atoms with E-state index < -0.39 is 11.5 Å². The van der Waals surface area contributed by atoms with Crippen LogP contribution in [0.3, 0.4) is 0 Å². The van der Waals surface area contributed by atoms with Gasteiger partial charge < -0.3 is 9.67 Å². The first-order valence-electron chi connectivity index (χ1n) is 13.0. The van der Waals surface area contributed by atoms with Crippen molar-refractivity contribution in [3.05, 3.63) is 155 Å². The van der Waals surface area contributed by atoms with Gasteiger partial charge in [-0.2, -0.15) is 5.10 Å². The van der Waals surface area contributed by atoms with E-state index in [-0.39, 0.29) is 6.42 Å². The van der Waals surface area contributed by atoms with Crippen molar-refractivity contribution in [3.63, 3.8) is 0 Å². The molecule has 0 spiro atoms. The maximum atomic E-state index is 11.3. The largest absolute Gasteiger partial charge is 0.481 e. The number of aryl methyl sites for hydroxylation is 1. The summed E-state index contributed by atoms with van der Waals surface area (Å²) in [7, 11) is 0. The van der Waals surface area contributed by atoms with Crippen LogP contribution in [0.5, 0.6) is 0 Å². The van der Waals surface area contributed by atoms with E-state index in [0.29, 0.717) is 12.8 Å². The second kappa shape index (κ2) is 10.4. The van der Waals surface area contributed by atoms with Crippen molar-refractivity contribution in [1.82, 2.24) is 19.7 Å². The molecule has 2 aromatic heterocycles. The van der Waals surface area contributed by atoms with E-state index in [4.69, 9.17) is 4.98 Å². The average Bonchev–Trinajstić information content (AvgIpc) is 3.62. The number of hydrogen-bond donors (Lipinski definition) is 2. The van der Waals surface area contributed by atoms with Crippen LogP contribution in [-0.4, -0.2) is 30.8 Å². The Balaban J connectivity index is 1.56. The predicted molar refractivity (Wildman–Crippen MR) is 152 cm³/mol. The van der Waals surface area contributed by atoms with Gasteiger partial charge in [-0.15, -0.1) is 0 Å². The molecule has 0 saturated carbocycles. The number of H-pyrrole nitrogens is 1. The minimum Gasteiger partial charge on any atom is -0.481 e. The average molecular weight is 513 g/mol. The van der Waals surface area contributed by atoms with Crippen molar-refractivity contribution < 1.29 is 9.90 Å². The van der Waals surface area contributed by atoms with Crippen molar-refractivity contribution >= 4 is 16.9 Å². The van der Waals surface area contributed by atoms with Crippen LogP contribution in [0.2, 0.25) is 0 Å². The Labute approximate surface area is 226 Å². The standard InChI is InChI=1S/C33H28N4O2/c38-31(39)20-19-29-32-24(11-10-18-28(32)35-36-29)23-30-34-21-22-37(30)33(25-12-4-1-5-13-25,26-14-6-2-7-15-26)27-16-8-3-9-17-27/h1-18,21-22H,19-20,23H2,(H,35,36)(H,38,39). The zero-order valence-corrected chi connectivity index (χ0v) is 21.4. The van der Waals surface area contributed by atoms with Gasteiger partial charge in [0.15, 0.2) is 0 Å². The molecule has 0 bridgehead atoms. The fourth-order valence-electron chi connectivity index (χ4n) is 5.67. The van der Waals surface area contributed by atoms with E-state index in [1.807, 2.05) is 36.5 Å². The zero-order valence-electron chi connectivity index (χ0n) is 21.4. The summed E-state index contributed by atoms with van der Waals surface area (Å²) in [5.74, 6) is 0.0635. The molecule has 0 amide bonds. The predicted octanol–water partition coefficient (Wildman–Crippen LogP) is 6.21. The fraction of sp³-hybridized carbons (Fsp3) is 0.121. The number of aliphatic carboxylic acids is 1. The third kappa shape index (κ3) is 4.40. The molecular formula is C33H28N4O2. The van der Waals surface area contributed by atoms with Crippen molar-refractivity contribution in [2.24, 2.45) is 0 Å². The maximum Gasteiger partial charge on any atom is 0.303 e. The van der Waals surface area contributed by atoms with E-state index in [9.17, 15) is 9.90 Å². The van der Waals surface area contributed by atoms with Crippen molar-refractivity contribution in [3.8, 4) is 0 Å². The van der Waals surface area contributed by atoms with E-state index in [1.54, 1.807) is 0 Å². The minimum absolute atomic E-state index is 0.0411. The Kier molecular flexibility index (Phi) is 6.51. The first-order chi connectivity index (χ1) is 19.2. The van der Waals surface area contributed by atoms with Gasteiger partial charge in [-0.3, -0.25) is 9.89 Å². The quantitative estimate of drug-likeness (QED) is 0.226. The smallest absolute Gasteiger partial charge is 0.303 e. The van der Waals surface area contributed by atoms with Crippen molar-refractivity contribution in [1.29, 1.82) is 0 Å². The highest BCUT2D eigenvalue weighted by Crippen LogP contribution is 2.42. The maximum absolute atomic E-state index is 11.3. The SMILES string of the molecule is O=C(O)CCc1[nH]nc2cccc(Cc3nccn3C(c3ccccc3)(c3ccccc3)c3ccccc3)c12. The molecule has 4 aromatic carbocycles. The lowest BCUT2D eigenvalue weighted by Crippen LogP contribution is -2.38. The summed E-state index contributed by atoms with van der Waals surface area (Å²) < 4.78 is 2.28. The van der Waals surface area contributed by atoms with Gasteiger partial charge in [0, 0.05) is 36.3 Å². The van der Waals surface area contributed by atoms with Crippen LogP contribution >= 0.6 is 0 Å². The highest BCUT2D eigenvalue weighted by atomic mass is 16.4. The third-order valence-electron chi connectivity index (χ3n) is 7.33. The van der Waals surface area contributed by atoms with Crippen LogP contribution in [-0.2, 0) is 23.2 Å². The Morgan fingerprint density at radius 2 is 1.38 bits per heavy atom. The highest BCUT2D eigenvalue weighted by Gasteiger charge is 2.39. The first kappa shape index (κ1) is 24.4. The van der Waals surface area contributed by atoms with Gasteiger partial charge in [0.05, 0.1) is 11.9 Å². The lowest BCUT2D eigenvalue weighted by Gasteiger charge is -2.38. The molecule has 6 rings (SSSR count). The molecule has 0 unspecified atom stereocenters. The Morgan fingerprint density at radius 3 is 1.95 bits per heavy atom. The summed E-state index contributed by atoms with van der Waals surface area (Å²) in [6.07, 6.45) is 4.90. The van der Waals surface area contributed by atoms with Crippen LogP contribution < -0.4 is 0 Å². The molecule has 0 aliphatic heterocycles. The molecule has 6 heteroatoms. The number of benzene rings is 4. The van der Waals surface area contributed by atoms with Gasteiger partial charge in [0.1, 0.15) is 11.4 Å². The summed E-state index contributed by atoms with van der Waals surface area (Å²) in [5, 5.41) is 17.8. The molecule has 0 fully saturated rings. The molecule has 0 aliphatic carbocycles. The fourth-order valence-corrected chi connectivity index (χ4v) is 5.67. The van der Waals surface area contributed by atoms with Gasteiger partial charge in [-0.1, -0.05) is 103 Å². The summed E-state index contributed by atoms with van der Waals surface area (Å²) in [5.41, 5.74) is 5.44. The van der Waals surface area contributed by atoms with Gasteiger partial charge in [-0.25, -0.2) is 4.98 Å². The van der Waals surface area contributed by atoms with E-state index >= 15 is 0 Å². The zero-order chi connectivity index (χ0) is 26.7. The Bertz CT molecular complexity index is 1610. The number of carbonyl (C=O) groups is 1. The third-order valence-corrected chi connectivity index (χ3v) is 7.33. The van der Waals surface area contributed by atoms with E-state index in [2.05, 4.69) is 99.8 Å². The van der Waals surface area contributed by atoms with Gasteiger partial charge in [0.2, 0.25) is 0 Å². The highest BCUT2D eigenvalue weighted by molar-refractivity contribution is 5.85. The molecule has 0 atom stereocenters. The normalized spacial score (nSPS) is 11.6. The van der Waals surface area contributed by atoms with Crippen LogP contribution in [0.25, 0.3) is 10.9 Å². The van der Waals surface area contributed by atoms with E-state index in [1.165, 1.54) is 0 Å². The number of imidazole rings is 1. The summed E-state index contributed by atoms with van der Waals surface area (Å²) in [4.78, 5) is 16.2. The van der Waals surface area contributed by atoms with Crippen LogP contribution in [0.1, 0.15) is 40.2 Å². The summed E-state index contributed by atoms with van der Waals surface area (Å²) in [6, 6.07) is 37.6. The van der Waals surface area contributed by atoms with Crippen molar-refractivity contribution in [2.75, 3.05) is 0 Å². The number of carboxylic acid groups (broad SMARTS) is 1. The Morgan fingerprint density at radius 1 is 0.795 bits per heavy atom. The monoisotopic (exact) mass is 512 g/mol. The topological polar surface area (TPSA) is 83.8 Å². The number of rotatable bonds is 9. The first-order valence-corrected chi connectivity index (χ1v) is 13.0. The number of hydrogen-bond acceptors (Lipinski definition) is 3. The van der Waals surface area contributed by atoms with Gasteiger partial charge in [0.25, 0.3) is 0 Å². The van der Waals surface area contributed by atoms with Crippen LogP contribution in [0.4, 0.5) is 0 Å². The molecular weight excluding hydrogens is 484 g/mol. The number of nitrogens with zero attached hydrogens (tertiary/aromatic N) is 3. The molecule has 2 N–H and O–H groups in total. The number of nitrogens with one attached hydrogen (secondary N) is 1. The van der Waals surface area contributed by atoms with E-state index in [0.717, 1.165) is 44.7 Å². The number of carboxylic acids is 1. The summed E-state index contributed by atoms with van der Waals surface area (Å²) in [6.45, 7) is 0. The lowest BCUT2D eigenvalue weighted by molar-refractivity contribution is -0.136. The van der Waals surface area contributed by atoms with Crippen LogP contribution in [0.15, 0.2) is 122 Å². The van der Waals surface area contributed by atoms with Crippen LogP contribution in [0, 0.1) is 0 Å². The number of fused-ring (bicyclic) bond motifs is 1. The molecule has 192 valence electrons. The second-order valence-corrected chi connectivity index (χ2v) is 9.61. The second-order valence-electron chi connectivity index (χ2n) is 9.61. The molecule has 6 aromatic rings. The molecule has 0 saturated heterocycles. The lowest BCUT2D eigenvalue weighted by atomic mass is 9.76. The van der Waals surface area contributed by atoms with Gasteiger partial charge >= 0.3 is 5.97 Å². The summed E-state index contributed by atoms with van der Waals surface area (Å²) >= 11 is 0. The molecule has 6 nitrogen and oxygen atoms in total. The molecule has 0 aliphatic rings.